The van der Waals surface area contributed by atoms with E-state index in [0.29, 0.717) is 0 Å². The topological polar surface area (TPSA) is 0 Å². The summed E-state index contributed by atoms with van der Waals surface area (Å²) in [7, 11) is 0. The molecule has 0 aromatic carbocycles. The van der Waals surface area contributed by atoms with Crippen molar-refractivity contribution >= 4 is 0 Å². The molecule has 0 spiro atoms. The van der Waals surface area contributed by atoms with Crippen LogP contribution in [0.2, 0.25) is 0 Å². The summed E-state index contributed by atoms with van der Waals surface area (Å²) in [5.74, 6) is 0. The zero-order valence-corrected chi connectivity index (χ0v) is 39.7. The monoisotopic (exact) mass is 1020 g/mol. The van der Waals surface area contributed by atoms with Crippen LogP contribution in [0.5, 0.6) is 0 Å². The van der Waals surface area contributed by atoms with Gasteiger partial charge in [-0.15, -0.1) is 0 Å². The van der Waals surface area contributed by atoms with Crippen molar-refractivity contribution in [2.75, 3.05) is 0 Å². The normalized spacial score (nSPS) is 0.929. The molecule has 0 aliphatic heterocycles. The Labute approximate surface area is 366 Å². The van der Waals surface area contributed by atoms with Crippen LogP contribution in [0, 0.1) is 6.58 Å². The summed E-state index contributed by atoms with van der Waals surface area (Å²) in [5, 5.41) is 0. The van der Waals surface area contributed by atoms with Crippen LogP contribution < -0.4 is 0 Å². The van der Waals surface area contributed by atoms with Crippen LogP contribution in [0.4, 0.5) is 0 Å². The second-order valence-corrected chi connectivity index (χ2v) is 0.333. The Hall–Kier alpha value is 11.9. The fourth-order valence-corrected chi connectivity index (χ4v) is 0. The summed E-state index contributed by atoms with van der Waals surface area (Å²) in [4.78, 5) is 0. The third kappa shape index (κ3) is 88.6. The molecule has 0 atom stereocenters. The maximum Gasteiger partial charge on any atom is 0 e. The van der Waals surface area contributed by atoms with Gasteiger partial charge in [-0.2, -0.15) is 0 Å². The Balaban J connectivity index is -0.000000000364. The molecule has 0 saturated heterocycles. The van der Waals surface area contributed by atoms with E-state index in [0.717, 1.165) is 0 Å². The molecule has 0 amide bonds. The van der Waals surface area contributed by atoms with Gasteiger partial charge in [-0.25, -0.2) is 0 Å². The first kappa shape index (κ1) is 83.1. The molecule has 51 valence electrons. The fraction of sp³-hybridized carbons (Fsp3) is 0.333. The predicted octanol–water partition coefficient (Wildman–Crippen LogP) is 0.968. The number of hydrogen-bond donors (Lipinski definition) is 0. The Bertz CT molecular complexity index is 18.0. The SMILES string of the molecule is [CH-]=CC.[Y].[Y].[Y].[Y].[Y].[Y].[Y].[Y].[Y].[Y].[Y]. The predicted molar refractivity (Wildman–Crippen MR) is 14.5 cm³/mol. The molecule has 0 aromatic rings. The van der Waals surface area contributed by atoms with Crippen molar-refractivity contribution in [2.24, 2.45) is 0 Å². The van der Waals surface area contributed by atoms with Gasteiger partial charge in [-0.05, 0) is 0 Å². The Kier molecular flexibility index (Phi) is 508. The first-order chi connectivity index (χ1) is 1.41. The molecule has 14 heavy (non-hydrogen) atoms. The minimum atomic E-state index is 0. The van der Waals surface area contributed by atoms with Gasteiger partial charge in [0.05, 0.1) is 0 Å². The molecular formula is C3H5Y11-. The van der Waals surface area contributed by atoms with E-state index in [1.807, 2.05) is 0 Å². The standard InChI is InChI=1S/C3H5.11Y/c1-3-2;;;;;;;;;;;/h1,3H,2H3;;;;;;;;;;;/q-1;;;;;;;;;;;. The minimum Gasteiger partial charge on any atom is -0.518 e. The molecule has 0 aliphatic rings. The average Bonchev–Trinajstić information content (AvgIpc) is 0.918. The van der Waals surface area contributed by atoms with Crippen molar-refractivity contribution in [3.05, 3.63) is 12.7 Å². The van der Waals surface area contributed by atoms with Crippen LogP contribution in [0.1, 0.15) is 6.92 Å². The molecule has 0 heterocycles. The van der Waals surface area contributed by atoms with Gasteiger partial charge in [0.2, 0.25) is 0 Å². The van der Waals surface area contributed by atoms with Crippen molar-refractivity contribution in [3.8, 4) is 0 Å². The van der Waals surface area contributed by atoms with Gasteiger partial charge in [0, 0.05) is 360 Å². The van der Waals surface area contributed by atoms with Crippen LogP contribution in [0.25, 0.3) is 0 Å². The molecule has 0 rings (SSSR count). The summed E-state index contributed by atoms with van der Waals surface area (Å²) >= 11 is 0. The summed E-state index contributed by atoms with van der Waals surface area (Å²) < 4.78 is 0. The largest absolute Gasteiger partial charge is 0.518 e. The molecule has 0 fully saturated rings. The minimum absolute atomic E-state index is 0. The van der Waals surface area contributed by atoms with Crippen LogP contribution >= 0.6 is 0 Å². The summed E-state index contributed by atoms with van der Waals surface area (Å²) in [6.07, 6.45) is 1.50. The number of rotatable bonds is 0. The molecule has 0 nitrogen and oxygen atoms in total. The van der Waals surface area contributed by atoms with Crippen LogP contribution in [-0.4, -0.2) is 0 Å². The molecule has 11 heteroatoms. The van der Waals surface area contributed by atoms with Gasteiger partial charge >= 0.3 is 0 Å². The Morgan fingerprint density at radius 3 is 0.500 bits per heavy atom. The van der Waals surface area contributed by atoms with E-state index in [-0.39, 0.29) is 360 Å². The van der Waals surface area contributed by atoms with Gasteiger partial charge in [0.25, 0.3) is 0 Å². The van der Waals surface area contributed by atoms with Crippen molar-refractivity contribution < 1.29 is 360 Å². The van der Waals surface area contributed by atoms with E-state index < -0.39 is 0 Å². The van der Waals surface area contributed by atoms with Crippen molar-refractivity contribution in [3.63, 3.8) is 0 Å². The summed E-state index contributed by atoms with van der Waals surface area (Å²) in [5.41, 5.74) is 0. The van der Waals surface area contributed by atoms with Crippen LogP contribution in [0.15, 0.2) is 6.08 Å². The van der Waals surface area contributed by atoms with E-state index in [2.05, 4.69) is 0 Å². The number of hydrogen-bond acceptors (Lipinski definition) is 0. The van der Waals surface area contributed by atoms with E-state index in [1.54, 1.807) is 6.92 Å². The van der Waals surface area contributed by atoms with Gasteiger partial charge in [-0.3, -0.25) is 6.08 Å². The van der Waals surface area contributed by atoms with Gasteiger partial charge in [0.15, 0.2) is 0 Å². The molecule has 0 saturated carbocycles. The summed E-state index contributed by atoms with van der Waals surface area (Å²) in [6, 6.07) is 0. The van der Waals surface area contributed by atoms with E-state index in [4.69, 9.17) is 6.58 Å². The maximum atomic E-state index is 4.72. The zero-order valence-electron chi connectivity index (χ0n) is 8.51. The second kappa shape index (κ2) is 85.5. The maximum absolute atomic E-state index is 4.72. The summed E-state index contributed by atoms with van der Waals surface area (Å²) in [6.45, 7) is 6.50. The molecule has 0 unspecified atom stereocenters. The third-order valence-electron chi connectivity index (χ3n) is 0. The zero-order chi connectivity index (χ0) is 2.71. The first-order valence-electron chi connectivity index (χ1n) is 0.911. The molecule has 0 aromatic heterocycles. The van der Waals surface area contributed by atoms with E-state index >= 15 is 0 Å². The van der Waals surface area contributed by atoms with Gasteiger partial charge in [-0.1, -0.05) is 6.92 Å². The van der Waals surface area contributed by atoms with Crippen LogP contribution in [-0.2, 0) is 360 Å². The Morgan fingerprint density at radius 1 is 0.500 bits per heavy atom. The fourth-order valence-electron chi connectivity index (χ4n) is 0. The first-order valence-corrected chi connectivity index (χ1v) is 0.911. The average molecular weight is 1020 g/mol. The Morgan fingerprint density at radius 2 is 0.500 bits per heavy atom. The number of allylic oxidation sites excluding steroid dienone is 1. The van der Waals surface area contributed by atoms with Gasteiger partial charge in [0.1, 0.15) is 0 Å². The van der Waals surface area contributed by atoms with Crippen molar-refractivity contribution in [1.29, 1.82) is 0 Å². The molecular weight excluding hydrogens is 1010 g/mol. The quantitative estimate of drug-likeness (QED) is 0.318. The molecule has 0 N–H and O–H groups in total. The third-order valence-corrected chi connectivity index (χ3v) is 0. The van der Waals surface area contributed by atoms with Crippen molar-refractivity contribution in [1.82, 2.24) is 0 Å². The second-order valence-electron chi connectivity index (χ2n) is 0.333. The van der Waals surface area contributed by atoms with E-state index in [9.17, 15) is 0 Å². The molecule has 11 radical (unpaired) electrons. The smallest absolute Gasteiger partial charge is 0 e. The van der Waals surface area contributed by atoms with Crippen molar-refractivity contribution in [2.45, 2.75) is 6.92 Å². The molecule has 0 aliphatic carbocycles. The van der Waals surface area contributed by atoms with E-state index in [1.165, 1.54) is 6.08 Å². The molecule has 0 bridgehead atoms. The van der Waals surface area contributed by atoms with Gasteiger partial charge < -0.3 is 6.58 Å². The van der Waals surface area contributed by atoms with Crippen LogP contribution in [0.3, 0.4) is 0 Å².